The van der Waals surface area contributed by atoms with Crippen molar-refractivity contribution in [3.63, 3.8) is 0 Å². The van der Waals surface area contributed by atoms with Gasteiger partial charge in [0.2, 0.25) is 0 Å². The van der Waals surface area contributed by atoms with E-state index in [1.807, 2.05) is 0 Å². The van der Waals surface area contributed by atoms with Crippen molar-refractivity contribution >= 4 is 5.91 Å². The Morgan fingerprint density at radius 1 is 1.19 bits per heavy atom. The number of hydrogen-bond acceptors (Lipinski definition) is 2. The van der Waals surface area contributed by atoms with Gasteiger partial charge in [-0.15, -0.1) is 0 Å². The number of rotatable bonds is 3. The van der Waals surface area contributed by atoms with Crippen LogP contribution in [0.2, 0.25) is 0 Å². The number of amides is 1. The van der Waals surface area contributed by atoms with E-state index in [2.05, 4.69) is 5.32 Å². The zero-order valence-corrected chi connectivity index (χ0v) is 11.7. The van der Waals surface area contributed by atoms with E-state index < -0.39 is 23.2 Å². The standard InChI is InChI=1S/C15H19F3N2O/c16-15(17,18)12-7-3-2-6-11(12)13(21)20-10-14(19)8-4-1-5-9-14/h2-3,6-7H,1,4-5,8-10,19H2,(H,20,21). The molecule has 1 saturated carbocycles. The van der Waals surface area contributed by atoms with Crippen LogP contribution >= 0.6 is 0 Å². The zero-order chi connectivity index (χ0) is 15.5. The number of nitrogens with one attached hydrogen (secondary N) is 1. The van der Waals surface area contributed by atoms with Crippen LogP contribution in [0.3, 0.4) is 0 Å². The Labute approximate surface area is 121 Å². The summed E-state index contributed by atoms with van der Waals surface area (Å²) < 4.78 is 38.6. The number of benzene rings is 1. The summed E-state index contributed by atoms with van der Waals surface area (Å²) in [4.78, 5) is 12.0. The van der Waals surface area contributed by atoms with Crippen LogP contribution in [0.5, 0.6) is 0 Å². The van der Waals surface area contributed by atoms with Crippen LogP contribution < -0.4 is 11.1 Å². The number of halogens is 3. The van der Waals surface area contributed by atoms with Gasteiger partial charge in [0.05, 0.1) is 11.1 Å². The maximum absolute atomic E-state index is 12.9. The molecule has 1 fully saturated rings. The Morgan fingerprint density at radius 3 is 2.43 bits per heavy atom. The normalized spacial score (nSPS) is 18.3. The molecule has 0 bridgehead atoms. The van der Waals surface area contributed by atoms with E-state index in [9.17, 15) is 18.0 Å². The minimum absolute atomic E-state index is 0.206. The van der Waals surface area contributed by atoms with Crippen molar-refractivity contribution in [3.8, 4) is 0 Å². The fourth-order valence-corrected chi connectivity index (χ4v) is 2.71. The maximum Gasteiger partial charge on any atom is 0.417 e. The minimum atomic E-state index is -4.54. The Kier molecular flexibility index (Phi) is 4.56. The zero-order valence-electron chi connectivity index (χ0n) is 11.7. The first-order valence-corrected chi connectivity index (χ1v) is 7.05. The summed E-state index contributed by atoms with van der Waals surface area (Å²) in [5, 5.41) is 2.56. The van der Waals surface area contributed by atoms with Gasteiger partial charge in [-0.25, -0.2) is 0 Å². The quantitative estimate of drug-likeness (QED) is 0.901. The van der Waals surface area contributed by atoms with E-state index >= 15 is 0 Å². The highest BCUT2D eigenvalue weighted by Crippen LogP contribution is 2.32. The van der Waals surface area contributed by atoms with E-state index in [0.717, 1.165) is 38.2 Å². The van der Waals surface area contributed by atoms with Crippen molar-refractivity contribution in [2.24, 2.45) is 5.73 Å². The van der Waals surface area contributed by atoms with Crippen molar-refractivity contribution in [2.45, 2.75) is 43.8 Å². The Balaban J connectivity index is 2.07. The largest absolute Gasteiger partial charge is 0.417 e. The smallest absolute Gasteiger partial charge is 0.350 e. The van der Waals surface area contributed by atoms with Crippen molar-refractivity contribution < 1.29 is 18.0 Å². The fraction of sp³-hybridized carbons (Fsp3) is 0.533. The molecule has 0 saturated heterocycles. The second-order valence-electron chi connectivity index (χ2n) is 5.65. The highest BCUT2D eigenvalue weighted by molar-refractivity contribution is 5.95. The monoisotopic (exact) mass is 300 g/mol. The molecule has 21 heavy (non-hydrogen) atoms. The molecule has 0 heterocycles. The first-order chi connectivity index (χ1) is 9.82. The Bertz CT molecular complexity index is 508. The van der Waals surface area contributed by atoms with Gasteiger partial charge in [-0.3, -0.25) is 4.79 Å². The van der Waals surface area contributed by atoms with Crippen molar-refractivity contribution in [1.29, 1.82) is 0 Å². The molecular weight excluding hydrogens is 281 g/mol. The predicted molar refractivity (Wildman–Crippen MR) is 73.8 cm³/mol. The van der Waals surface area contributed by atoms with Gasteiger partial charge in [0.1, 0.15) is 0 Å². The average molecular weight is 300 g/mol. The third-order valence-electron chi connectivity index (χ3n) is 3.93. The summed E-state index contributed by atoms with van der Waals surface area (Å²) in [7, 11) is 0. The SMILES string of the molecule is NC1(CNC(=O)c2ccccc2C(F)(F)F)CCCCC1. The number of alkyl halides is 3. The highest BCUT2D eigenvalue weighted by atomic mass is 19.4. The third kappa shape index (κ3) is 3.97. The van der Waals surface area contributed by atoms with Crippen LogP contribution in [0, 0.1) is 0 Å². The molecular formula is C15H19F3N2O. The van der Waals surface area contributed by atoms with Gasteiger partial charge in [0.15, 0.2) is 0 Å². The first kappa shape index (κ1) is 15.8. The summed E-state index contributed by atoms with van der Waals surface area (Å²) in [6, 6.07) is 4.78. The molecule has 0 aromatic heterocycles. The van der Waals surface area contributed by atoms with Crippen LogP contribution in [0.15, 0.2) is 24.3 Å². The Hall–Kier alpha value is -1.56. The van der Waals surface area contributed by atoms with Gasteiger partial charge < -0.3 is 11.1 Å². The summed E-state index contributed by atoms with van der Waals surface area (Å²) in [5.74, 6) is -0.724. The molecule has 1 aromatic carbocycles. The molecule has 116 valence electrons. The molecule has 1 amide bonds. The lowest BCUT2D eigenvalue weighted by Gasteiger charge is -2.33. The lowest BCUT2D eigenvalue weighted by atomic mass is 9.82. The number of nitrogens with two attached hydrogens (primary N) is 1. The molecule has 3 nitrogen and oxygen atoms in total. The van der Waals surface area contributed by atoms with Gasteiger partial charge in [0, 0.05) is 12.1 Å². The summed E-state index contributed by atoms with van der Waals surface area (Å²) in [5.41, 5.74) is 4.40. The van der Waals surface area contributed by atoms with Gasteiger partial charge in [0.25, 0.3) is 5.91 Å². The van der Waals surface area contributed by atoms with Crippen LogP contribution in [-0.2, 0) is 6.18 Å². The lowest BCUT2D eigenvalue weighted by Crippen LogP contribution is -2.51. The van der Waals surface area contributed by atoms with E-state index in [1.54, 1.807) is 0 Å². The Morgan fingerprint density at radius 2 is 1.81 bits per heavy atom. The molecule has 0 unspecified atom stereocenters. The van der Waals surface area contributed by atoms with E-state index in [-0.39, 0.29) is 12.1 Å². The summed E-state index contributed by atoms with van der Waals surface area (Å²) >= 11 is 0. The summed E-state index contributed by atoms with van der Waals surface area (Å²) in [6.45, 7) is 0.206. The number of carbonyl (C=O) groups excluding carboxylic acids is 1. The number of carbonyl (C=O) groups is 1. The fourth-order valence-electron chi connectivity index (χ4n) is 2.71. The molecule has 0 aliphatic heterocycles. The lowest BCUT2D eigenvalue weighted by molar-refractivity contribution is -0.137. The molecule has 0 atom stereocenters. The average Bonchev–Trinajstić information content (AvgIpc) is 2.45. The van der Waals surface area contributed by atoms with Crippen LogP contribution in [0.25, 0.3) is 0 Å². The molecule has 1 aliphatic rings. The minimum Gasteiger partial charge on any atom is -0.350 e. The highest BCUT2D eigenvalue weighted by Gasteiger charge is 2.35. The summed E-state index contributed by atoms with van der Waals surface area (Å²) in [6.07, 6.45) is 0.127. The van der Waals surface area contributed by atoms with Gasteiger partial charge >= 0.3 is 6.18 Å². The van der Waals surface area contributed by atoms with Crippen molar-refractivity contribution in [3.05, 3.63) is 35.4 Å². The molecule has 2 rings (SSSR count). The molecule has 1 aromatic rings. The molecule has 0 spiro atoms. The third-order valence-corrected chi connectivity index (χ3v) is 3.93. The second-order valence-corrected chi connectivity index (χ2v) is 5.65. The van der Waals surface area contributed by atoms with Gasteiger partial charge in [-0.2, -0.15) is 13.2 Å². The molecule has 0 radical (unpaired) electrons. The van der Waals surface area contributed by atoms with Crippen molar-refractivity contribution in [2.75, 3.05) is 6.54 Å². The predicted octanol–water partition coefficient (Wildman–Crippen LogP) is 3.10. The molecule has 6 heteroatoms. The number of hydrogen-bond donors (Lipinski definition) is 2. The van der Waals surface area contributed by atoms with E-state index in [4.69, 9.17) is 5.73 Å². The van der Waals surface area contributed by atoms with Gasteiger partial charge in [-0.1, -0.05) is 31.4 Å². The van der Waals surface area contributed by atoms with Crippen LogP contribution in [0.1, 0.15) is 48.0 Å². The van der Waals surface area contributed by atoms with Crippen LogP contribution in [-0.4, -0.2) is 18.0 Å². The topological polar surface area (TPSA) is 55.1 Å². The second kappa shape index (κ2) is 6.05. The van der Waals surface area contributed by atoms with E-state index in [0.29, 0.717) is 0 Å². The van der Waals surface area contributed by atoms with E-state index in [1.165, 1.54) is 18.2 Å². The maximum atomic E-state index is 12.9. The van der Waals surface area contributed by atoms with Crippen molar-refractivity contribution in [1.82, 2.24) is 5.32 Å². The van der Waals surface area contributed by atoms with Gasteiger partial charge in [-0.05, 0) is 25.0 Å². The molecule has 3 N–H and O–H groups in total. The first-order valence-electron chi connectivity index (χ1n) is 7.05. The molecule has 1 aliphatic carbocycles. The van der Waals surface area contributed by atoms with Crippen LogP contribution in [0.4, 0.5) is 13.2 Å².